The third-order valence-corrected chi connectivity index (χ3v) is 6.05. The van der Waals surface area contributed by atoms with E-state index in [9.17, 15) is 14.7 Å². The van der Waals surface area contributed by atoms with Crippen molar-refractivity contribution in [2.75, 3.05) is 13.1 Å². The fourth-order valence-electron chi connectivity index (χ4n) is 4.57. The Bertz CT molecular complexity index is 1310. The molecule has 1 aromatic heterocycles. The molecule has 1 aliphatic rings. The molecule has 1 unspecified atom stereocenters. The number of hydrogen-bond acceptors (Lipinski definition) is 3. The van der Waals surface area contributed by atoms with E-state index in [2.05, 4.69) is 59.3 Å². The lowest BCUT2D eigenvalue weighted by Gasteiger charge is -2.20. The Hall–Kier alpha value is -3.90. The van der Waals surface area contributed by atoms with Crippen molar-refractivity contribution in [2.45, 2.75) is 19.6 Å². The van der Waals surface area contributed by atoms with Gasteiger partial charge in [0.15, 0.2) is 0 Å². The van der Waals surface area contributed by atoms with Crippen molar-refractivity contribution in [1.82, 2.24) is 14.8 Å². The van der Waals surface area contributed by atoms with Crippen LogP contribution in [0.2, 0.25) is 0 Å². The second-order valence-corrected chi connectivity index (χ2v) is 8.40. The van der Waals surface area contributed by atoms with E-state index in [0.717, 1.165) is 43.8 Å². The predicted octanol–water partition coefficient (Wildman–Crippen LogP) is 4.20. The summed E-state index contributed by atoms with van der Waals surface area (Å²) in [6.07, 6.45) is -0.916. The third-order valence-electron chi connectivity index (χ3n) is 6.05. The van der Waals surface area contributed by atoms with Gasteiger partial charge in [0, 0.05) is 16.5 Å². The first-order valence-corrected chi connectivity index (χ1v) is 11.0. The van der Waals surface area contributed by atoms with Gasteiger partial charge in [-0.15, -0.1) is 0 Å². The highest BCUT2D eigenvalue weighted by Crippen LogP contribution is 2.41. The van der Waals surface area contributed by atoms with Crippen LogP contribution in [0.15, 0.2) is 78.9 Å². The maximum atomic E-state index is 12.0. The number of benzene rings is 3. The number of aliphatic hydroxyl groups is 1. The number of fused-ring (bicyclic) bond motifs is 1. The monoisotopic (exact) mass is 439 g/mol. The van der Waals surface area contributed by atoms with E-state index in [4.69, 9.17) is 0 Å². The first-order chi connectivity index (χ1) is 16.0. The highest BCUT2D eigenvalue weighted by molar-refractivity contribution is 6.05. The smallest absolute Gasteiger partial charge is 0.324 e. The van der Waals surface area contributed by atoms with Crippen LogP contribution in [0.1, 0.15) is 5.56 Å². The quantitative estimate of drug-likeness (QED) is 0.442. The predicted molar refractivity (Wildman–Crippen MR) is 129 cm³/mol. The van der Waals surface area contributed by atoms with Gasteiger partial charge in [0.2, 0.25) is 5.91 Å². The minimum atomic E-state index is -0.916. The summed E-state index contributed by atoms with van der Waals surface area (Å²) in [5.41, 5.74) is 6.37. The first kappa shape index (κ1) is 21.0. The molecule has 2 heterocycles. The van der Waals surface area contributed by atoms with Gasteiger partial charge < -0.3 is 15.0 Å². The highest BCUT2D eigenvalue weighted by Gasteiger charge is 2.31. The van der Waals surface area contributed by atoms with Gasteiger partial charge in [-0.25, -0.2) is 4.79 Å². The van der Waals surface area contributed by atoms with Gasteiger partial charge in [0.05, 0.1) is 31.4 Å². The molecule has 0 bridgehead atoms. The standard InChI is InChI=1S/C27H25N3O3/c1-18-12-13-23-22(14-18)25(19-8-4-2-5-9-19)26(20-10-6-3-7-11-20)29(23)16-21(31)17-30-24(32)15-28-27(30)33/h2-14,21,31H,15-17H2,1H3,(H,28,33). The van der Waals surface area contributed by atoms with Crippen LogP contribution < -0.4 is 5.32 Å². The number of nitrogens with zero attached hydrogens (tertiary/aromatic N) is 2. The lowest BCUT2D eigenvalue weighted by atomic mass is 9.98. The Balaban J connectivity index is 1.68. The second kappa shape index (κ2) is 8.56. The van der Waals surface area contributed by atoms with E-state index in [1.165, 1.54) is 0 Å². The van der Waals surface area contributed by atoms with E-state index >= 15 is 0 Å². The van der Waals surface area contributed by atoms with E-state index in [0.29, 0.717) is 0 Å². The van der Waals surface area contributed by atoms with Crippen LogP contribution >= 0.6 is 0 Å². The Morgan fingerprint density at radius 1 is 0.909 bits per heavy atom. The maximum absolute atomic E-state index is 12.0. The van der Waals surface area contributed by atoms with Crippen LogP contribution in [0.25, 0.3) is 33.3 Å². The average molecular weight is 440 g/mol. The number of rotatable bonds is 6. The summed E-state index contributed by atoms with van der Waals surface area (Å²) in [4.78, 5) is 25.1. The molecule has 5 rings (SSSR count). The summed E-state index contributed by atoms with van der Waals surface area (Å²) in [5, 5.41) is 14.6. The number of carbonyl (C=O) groups excluding carboxylic acids is 2. The van der Waals surface area contributed by atoms with E-state index in [-0.39, 0.29) is 25.5 Å². The molecule has 1 saturated heterocycles. The molecule has 0 saturated carbocycles. The average Bonchev–Trinajstić information content (AvgIpc) is 3.31. The Morgan fingerprint density at radius 2 is 1.58 bits per heavy atom. The number of carbonyl (C=O) groups is 2. The second-order valence-electron chi connectivity index (χ2n) is 8.40. The summed E-state index contributed by atoms with van der Waals surface area (Å²) in [7, 11) is 0. The first-order valence-electron chi connectivity index (χ1n) is 11.0. The molecule has 0 radical (unpaired) electrons. The Morgan fingerprint density at radius 3 is 2.21 bits per heavy atom. The number of urea groups is 1. The number of amides is 3. The molecule has 0 spiro atoms. The number of hydrogen-bond donors (Lipinski definition) is 2. The number of imide groups is 1. The summed E-state index contributed by atoms with van der Waals surface area (Å²) in [6.45, 7) is 2.24. The van der Waals surface area contributed by atoms with Crippen LogP contribution in [0.4, 0.5) is 4.79 Å². The number of aliphatic hydroxyl groups excluding tert-OH is 1. The van der Waals surface area contributed by atoms with Gasteiger partial charge in [-0.1, -0.05) is 72.3 Å². The number of nitrogens with one attached hydrogen (secondary N) is 1. The number of β-amino-alcohol motifs (C(OH)–C–C–N with tert-alkyl or cyclic N) is 1. The van der Waals surface area contributed by atoms with Gasteiger partial charge in [-0.3, -0.25) is 9.69 Å². The van der Waals surface area contributed by atoms with Crippen LogP contribution in [0, 0.1) is 6.92 Å². The summed E-state index contributed by atoms with van der Waals surface area (Å²) >= 11 is 0. The molecule has 33 heavy (non-hydrogen) atoms. The zero-order chi connectivity index (χ0) is 22.9. The fraction of sp³-hybridized carbons (Fsp3) is 0.185. The van der Waals surface area contributed by atoms with Crippen molar-refractivity contribution in [3.63, 3.8) is 0 Å². The molecule has 3 amide bonds. The molecule has 6 heteroatoms. The van der Waals surface area contributed by atoms with E-state index in [1.54, 1.807) is 0 Å². The third kappa shape index (κ3) is 3.90. The van der Waals surface area contributed by atoms with Crippen LogP contribution in [-0.2, 0) is 11.3 Å². The van der Waals surface area contributed by atoms with Gasteiger partial charge in [0.1, 0.15) is 0 Å². The molecular weight excluding hydrogens is 414 g/mol. The lowest BCUT2D eigenvalue weighted by molar-refractivity contribution is -0.126. The number of aryl methyl sites for hydroxylation is 1. The molecule has 2 N–H and O–H groups in total. The zero-order valence-corrected chi connectivity index (χ0v) is 18.4. The topological polar surface area (TPSA) is 74.6 Å². The molecule has 0 aliphatic carbocycles. The van der Waals surface area contributed by atoms with Crippen LogP contribution in [0.3, 0.4) is 0 Å². The Kier molecular flexibility index (Phi) is 5.44. The molecule has 6 nitrogen and oxygen atoms in total. The van der Waals surface area contributed by atoms with Crippen molar-refractivity contribution >= 4 is 22.8 Å². The summed E-state index contributed by atoms with van der Waals surface area (Å²) in [6, 6.07) is 26.2. The van der Waals surface area contributed by atoms with Crippen molar-refractivity contribution in [1.29, 1.82) is 0 Å². The van der Waals surface area contributed by atoms with E-state index < -0.39 is 12.1 Å². The van der Waals surface area contributed by atoms with Gasteiger partial charge in [-0.05, 0) is 30.2 Å². The maximum Gasteiger partial charge on any atom is 0.324 e. The van der Waals surface area contributed by atoms with Gasteiger partial charge >= 0.3 is 6.03 Å². The molecular formula is C27H25N3O3. The molecule has 3 aromatic carbocycles. The zero-order valence-electron chi connectivity index (χ0n) is 18.4. The summed E-state index contributed by atoms with van der Waals surface area (Å²) < 4.78 is 2.11. The molecule has 166 valence electrons. The fourth-order valence-corrected chi connectivity index (χ4v) is 4.57. The largest absolute Gasteiger partial charge is 0.389 e. The molecule has 1 aliphatic heterocycles. The molecule has 1 fully saturated rings. The van der Waals surface area contributed by atoms with Crippen molar-refractivity contribution in [3.05, 3.63) is 84.4 Å². The molecule has 4 aromatic rings. The van der Waals surface area contributed by atoms with Crippen LogP contribution in [0.5, 0.6) is 0 Å². The minimum absolute atomic E-state index is 0.0231. The van der Waals surface area contributed by atoms with Crippen molar-refractivity contribution < 1.29 is 14.7 Å². The lowest BCUT2D eigenvalue weighted by Crippen LogP contribution is -2.39. The minimum Gasteiger partial charge on any atom is -0.389 e. The Labute approximate surface area is 192 Å². The van der Waals surface area contributed by atoms with Gasteiger partial charge in [0.25, 0.3) is 0 Å². The van der Waals surface area contributed by atoms with Crippen molar-refractivity contribution in [3.8, 4) is 22.4 Å². The van der Waals surface area contributed by atoms with E-state index in [1.807, 2.05) is 36.4 Å². The summed E-state index contributed by atoms with van der Waals surface area (Å²) in [5.74, 6) is -0.319. The SMILES string of the molecule is Cc1ccc2c(c1)c(-c1ccccc1)c(-c1ccccc1)n2CC(O)CN1C(=O)CNC1=O. The van der Waals surface area contributed by atoms with Crippen LogP contribution in [-0.4, -0.2) is 45.7 Å². The normalized spacial score (nSPS) is 14.7. The van der Waals surface area contributed by atoms with Crippen molar-refractivity contribution in [2.24, 2.45) is 0 Å². The molecule has 1 atom stereocenters. The highest BCUT2D eigenvalue weighted by atomic mass is 16.3. The van der Waals surface area contributed by atoms with Gasteiger partial charge in [-0.2, -0.15) is 0 Å². The number of aromatic nitrogens is 1.